The number of hydrogen-bond acceptors (Lipinski definition) is 6. The third kappa shape index (κ3) is 3.81. The molecule has 0 unspecified atom stereocenters. The molecule has 0 atom stereocenters. The molecule has 0 bridgehead atoms. The summed E-state index contributed by atoms with van der Waals surface area (Å²) in [6, 6.07) is 10.9. The van der Waals surface area contributed by atoms with Gasteiger partial charge in [-0.1, -0.05) is 24.3 Å². The number of methoxy groups -OCH3 is 1. The number of nitrogens with two attached hydrogens (primary N) is 1. The van der Waals surface area contributed by atoms with Crippen LogP contribution in [0, 0.1) is 5.41 Å². The highest BCUT2D eigenvalue weighted by molar-refractivity contribution is 5.95. The Bertz CT molecular complexity index is 958. The third-order valence-electron chi connectivity index (χ3n) is 3.60. The summed E-state index contributed by atoms with van der Waals surface area (Å²) in [6.45, 7) is 0. The van der Waals surface area contributed by atoms with Gasteiger partial charge in [0.25, 0.3) is 0 Å². The van der Waals surface area contributed by atoms with E-state index in [0.717, 1.165) is 5.56 Å². The normalized spacial score (nSPS) is 10.8. The molecule has 3 N–H and O–H groups in total. The molecule has 0 saturated carbocycles. The Morgan fingerprint density at radius 3 is 2.58 bits per heavy atom. The quantitative estimate of drug-likeness (QED) is 0.314. The second kappa shape index (κ2) is 7.39. The van der Waals surface area contributed by atoms with Crippen LogP contribution in [0.4, 0.5) is 0 Å². The molecule has 8 nitrogen and oxygen atoms in total. The smallest absolute Gasteiger partial charge is 0.330 e. The van der Waals surface area contributed by atoms with Crippen molar-refractivity contribution in [1.82, 2.24) is 19.7 Å². The fourth-order valence-electron chi connectivity index (χ4n) is 2.21. The van der Waals surface area contributed by atoms with Crippen molar-refractivity contribution < 1.29 is 9.53 Å². The van der Waals surface area contributed by atoms with E-state index in [1.165, 1.54) is 13.2 Å². The Balaban J connectivity index is 1.77. The molecule has 26 heavy (non-hydrogen) atoms. The minimum atomic E-state index is -0.445. The fourth-order valence-corrected chi connectivity index (χ4v) is 2.21. The second-order valence-corrected chi connectivity index (χ2v) is 5.33. The van der Waals surface area contributed by atoms with Gasteiger partial charge in [-0.2, -0.15) is 0 Å². The Hall–Kier alpha value is -3.81. The van der Waals surface area contributed by atoms with Crippen LogP contribution < -0.4 is 5.73 Å². The number of esters is 1. The van der Waals surface area contributed by atoms with E-state index in [4.69, 9.17) is 11.1 Å². The number of rotatable bonds is 5. The number of nitrogens with one attached hydrogen (secondary N) is 1. The fraction of sp³-hybridized carbons (Fsp3) is 0.0556. The molecule has 3 rings (SSSR count). The van der Waals surface area contributed by atoms with Crippen LogP contribution in [0.5, 0.6) is 0 Å². The van der Waals surface area contributed by atoms with Crippen molar-refractivity contribution in [2.24, 2.45) is 5.73 Å². The largest absolute Gasteiger partial charge is 0.466 e. The zero-order chi connectivity index (χ0) is 18.5. The maximum Gasteiger partial charge on any atom is 0.330 e. The van der Waals surface area contributed by atoms with Crippen molar-refractivity contribution >= 4 is 17.9 Å². The highest BCUT2D eigenvalue weighted by Gasteiger charge is 2.05. The molecule has 3 aromatic rings. The van der Waals surface area contributed by atoms with E-state index < -0.39 is 5.97 Å². The number of amidine groups is 1. The van der Waals surface area contributed by atoms with Crippen molar-refractivity contribution in [3.63, 3.8) is 0 Å². The van der Waals surface area contributed by atoms with Gasteiger partial charge in [-0.05, 0) is 18.2 Å². The van der Waals surface area contributed by atoms with Crippen LogP contribution in [0.25, 0.3) is 23.2 Å². The standard InChI is InChI=1S/C18H16N6O2/c1-26-17(25)9-6-14-10-24(11-21-14)16-8-7-15(22-23-16)12-2-4-13(5-3-12)18(19)20/h2-11H,1H3,(H3,19,20). The minimum Gasteiger partial charge on any atom is -0.466 e. The Morgan fingerprint density at radius 1 is 1.19 bits per heavy atom. The molecule has 0 spiro atoms. The molecule has 130 valence electrons. The number of imidazole rings is 1. The summed E-state index contributed by atoms with van der Waals surface area (Å²) in [5, 5.41) is 15.8. The minimum absolute atomic E-state index is 0.0233. The summed E-state index contributed by atoms with van der Waals surface area (Å²) >= 11 is 0. The van der Waals surface area contributed by atoms with Crippen molar-refractivity contribution in [3.8, 4) is 17.1 Å². The van der Waals surface area contributed by atoms with Crippen molar-refractivity contribution in [2.45, 2.75) is 0 Å². The highest BCUT2D eigenvalue weighted by atomic mass is 16.5. The van der Waals surface area contributed by atoms with Gasteiger partial charge in [0.15, 0.2) is 5.82 Å². The molecule has 0 fully saturated rings. The number of carbonyl (C=O) groups excluding carboxylic acids is 1. The number of benzene rings is 1. The second-order valence-electron chi connectivity index (χ2n) is 5.33. The lowest BCUT2D eigenvalue weighted by Gasteiger charge is -2.04. The summed E-state index contributed by atoms with van der Waals surface area (Å²) in [7, 11) is 1.32. The first-order valence-electron chi connectivity index (χ1n) is 7.66. The van der Waals surface area contributed by atoms with E-state index in [-0.39, 0.29) is 5.84 Å². The van der Waals surface area contributed by atoms with Crippen molar-refractivity contribution in [3.05, 3.63) is 66.3 Å². The molecule has 0 aliphatic rings. The number of aromatic nitrogens is 4. The first kappa shape index (κ1) is 17.0. The van der Waals surface area contributed by atoms with E-state index in [1.807, 2.05) is 24.3 Å². The molecule has 2 aromatic heterocycles. The van der Waals surface area contributed by atoms with Crippen LogP contribution in [0.15, 0.2) is 55.0 Å². The molecule has 2 heterocycles. The maximum atomic E-state index is 11.1. The molecule has 0 aliphatic carbocycles. The molecule has 8 heteroatoms. The predicted molar refractivity (Wildman–Crippen MR) is 96.7 cm³/mol. The molecule has 0 radical (unpaired) electrons. The summed E-state index contributed by atoms with van der Waals surface area (Å²) in [5.41, 5.74) is 8.29. The van der Waals surface area contributed by atoms with Crippen LogP contribution >= 0.6 is 0 Å². The van der Waals surface area contributed by atoms with Gasteiger partial charge in [0.1, 0.15) is 12.2 Å². The van der Waals surface area contributed by atoms with Crippen LogP contribution in [0.3, 0.4) is 0 Å². The zero-order valence-electron chi connectivity index (χ0n) is 14.0. The van der Waals surface area contributed by atoms with E-state index in [1.54, 1.807) is 35.3 Å². The van der Waals surface area contributed by atoms with Gasteiger partial charge in [-0.15, -0.1) is 10.2 Å². The number of hydrogen-bond donors (Lipinski definition) is 2. The molecule has 0 aliphatic heterocycles. The van der Waals surface area contributed by atoms with Crippen molar-refractivity contribution in [2.75, 3.05) is 7.11 Å². The van der Waals surface area contributed by atoms with Gasteiger partial charge in [0.2, 0.25) is 0 Å². The maximum absolute atomic E-state index is 11.1. The molecule has 0 amide bonds. The highest BCUT2D eigenvalue weighted by Crippen LogP contribution is 2.18. The van der Waals surface area contributed by atoms with Gasteiger partial charge in [-0.25, -0.2) is 9.78 Å². The molecule has 1 aromatic carbocycles. The lowest BCUT2D eigenvalue weighted by Crippen LogP contribution is -2.10. The topological polar surface area (TPSA) is 120 Å². The van der Waals surface area contributed by atoms with E-state index in [0.29, 0.717) is 22.8 Å². The van der Waals surface area contributed by atoms with Crippen LogP contribution in [-0.2, 0) is 9.53 Å². The number of ether oxygens (including phenoxy) is 1. The predicted octanol–water partition coefficient (Wildman–Crippen LogP) is 1.80. The number of nitrogens with zero attached hydrogens (tertiary/aromatic N) is 4. The third-order valence-corrected chi connectivity index (χ3v) is 3.60. The van der Waals surface area contributed by atoms with Crippen LogP contribution in [-0.4, -0.2) is 38.7 Å². The zero-order valence-corrected chi connectivity index (χ0v) is 14.0. The SMILES string of the molecule is COC(=O)C=Cc1cn(-c2ccc(-c3ccc(C(=N)N)cc3)nn2)cn1. The lowest BCUT2D eigenvalue weighted by molar-refractivity contribution is -0.134. The van der Waals surface area contributed by atoms with E-state index >= 15 is 0 Å². The van der Waals surface area contributed by atoms with E-state index in [2.05, 4.69) is 19.9 Å². The van der Waals surface area contributed by atoms with Gasteiger partial charge < -0.3 is 10.5 Å². The average molecular weight is 348 g/mol. The van der Waals surface area contributed by atoms with Gasteiger partial charge in [0, 0.05) is 23.4 Å². The Kier molecular flexibility index (Phi) is 4.84. The van der Waals surface area contributed by atoms with Gasteiger partial charge >= 0.3 is 5.97 Å². The van der Waals surface area contributed by atoms with Gasteiger partial charge in [-0.3, -0.25) is 9.98 Å². The lowest BCUT2D eigenvalue weighted by atomic mass is 10.1. The Morgan fingerprint density at radius 2 is 1.96 bits per heavy atom. The average Bonchev–Trinajstić information content (AvgIpc) is 3.15. The Labute approximate surface area is 149 Å². The van der Waals surface area contributed by atoms with Crippen LogP contribution in [0.2, 0.25) is 0 Å². The summed E-state index contributed by atoms with van der Waals surface area (Å²) < 4.78 is 6.24. The summed E-state index contributed by atoms with van der Waals surface area (Å²) in [6.07, 6.45) is 6.17. The molecular formula is C18H16N6O2. The summed E-state index contributed by atoms with van der Waals surface area (Å²) in [4.78, 5) is 15.3. The van der Waals surface area contributed by atoms with Crippen LogP contribution in [0.1, 0.15) is 11.3 Å². The monoisotopic (exact) mass is 348 g/mol. The molecular weight excluding hydrogens is 332 g/mol. The first-order valence-corrected chi connectivity index (χ1v) is 7.66. The number of carbonyl (C=O) groups is 1. The summed E-state index contributed by atoms with van der Waals surface area (Å²) in [5.74, 6) is 0.175. The first-order chi connectivity index (χ1) is 12.6. The van der Waals surface area contributed by atoms with Crippen molar-refractivity contribution in [1.29, 1.82) is 5.41 Å². The van der Waals surface area contributed by atoms with E-state index in [9.17, 15) is 4.79 Å². The number of nitrogen functional groups attached to an aromatic ring is 1. The van der Waals surface area contributed by atoms with Gasteiger partial charge in [0.05, 0.1) is 18.5 Å². The molecule has 0 saturated heterocycles.